The van der Waals surface area contributed by atoms with Crippen LogP contribution in [0, 0.1) is 0 Å². The molecule has 1 amide bonds. The molecule has 18 heavy (non-hydrogen) atoms. The van der Waals surface area contributed by atoms with Crippen LogP contribution in [0.5, 0.6) is 0 Å². The Kier molecular flexibility index (Phi) is 3.56. The highest BCUT2D eigenvalue weighted by atomic mass is 19.4. The quantitative estimate of drug-likeness (QED) is 0.846. The first-order valence-corrected chi connectivity index (χ1v) is 5.56. The van der Waals surface area contributed by atoms with Crippen molar-refractivity contribution in [3.63, 3.8) is 0 Å². The second-order valence-electron chi connectivity index (χ2n) is 4.17. The Morgan fingerprint density at radius 1 is 1.28 bits per heavy atom. The van der Waals surface area contributed by atoms with Gasteiger partial charge in [-0.2, -0.15) is 13.2 Å². The molecule has 0 bridgehead atoms. The molecule has 0 aromatic heterocycles. The van der Waals surface area contributed by atoms with Crippen molar-refractivity contribution in [3.05, 3.63) is 34.9 Å². The number of fused-ring (bicyclic) bond motifs is 1. The van der Waals surface area contributed by atoms with Crippen molar-refractivity contribution in [1.29, 1.82) is 0 Å². The van der Waals surface area contributed by atoms with Gasteiger partial charge in [0.25, 0.3) is 5.91 Å². The summed E-state index contributed by atoms with van der Waals surface area (Å²) in [5.41, 5.74) is 4.38. The van der Waals surface area contributed by atoms with Crippen LogP contribution in [0.15, 0.2) is 18.2 Å². The number of hydrogen-bond acceptors (Lipinski definition) is 2. The van der Waals surface area contributed by atoms with Crippen LogP contribution in [0.25, 0.3) is 0 Å². The van der Waals surface area contributed by atoms with Crippen molar-refractivity contribution < 1.29 is 22.8 Å². The summed E-state index contributed by atoms with van der Waals surface area (Å²) in [4.78, 5) is 15.6. The molecule has 0 saturated heterocycles. The summed E-state index contributed by atoms with van der Waals surface area (Å²) < 4.78 is 35.4. The Morgan fingerprint density at radius 2 is 2.00 bits per heavy atom. The molecule has 98 valence electrons. The van der Waals surface area contributed by atoms with Crippen LogP contribution >= 0.6 is 0 Å². The molecule has 0 aliphatic heterocycles. The first-order chi connectivity index (χ1) is 8.46. The lowest BCUT2D eigenvalue weighted by Crippen LogP contribution is -2.29. The van der Waals surface area contributed by atoms with Crippen LogP contribution in [0.4, 0.5) is 13.2 Å². The average Bonchev–Trinajstić information content (AvgIpc) is 2.73. The van der Waals surface area contributed by atoms with Crippen LogP contribution in [-0.4, -0.2) is 18.7 Å². The first kappa shape index (κ1) is 12.9. The summed E-state index contributed by atoms with van der Waals surface area (Å²) in [6.07, 6.45) is -1.52. The highest BCUT2D eigenvalue weighted by molar-refractivity contribution is 5.93. The predicted octanol–water partition coefficient (Wildman–Crippen LogP) is 2.40. The Balaban J connectivity index is 1.93. The van der Waals surface area contributed by atoms with Crippen molar-refractivity contribution >= 4 is 5.91 Å². The second kappa shape index (κ2) is 4.97. The van der Waals surface area contributed by atoms with Crippen molar-refractivity contribution in [2.75, 3.05) is 6.61 Å². The molecule has 3 nitrogen and oxygen atoms in total. The van der Waals surface area contributed by atoms with Gasteiger partial charge in [0.15, 0.2) is 6.61 Å². The zero-order valence-electron chi connectivity index (χ0n) is 9.51. The van der Waals surface area contributed by atoms with Crippen molar-refractivity contribution in [3.8, 4) is 0 Å². The topological polar surface area (TPSA) is 38.3 Å². The number of nitrogens with one attached hydrogen (secondary N) is 1. The smallest absolute Gasteiger partial charge is 0.267 e. The van der Waals surface area contributed by atoms with Crippen molar-refractivity contribution in [1.82, 2.24) is 5.48 Å². The minimum Gasteiger partial charge on any atom is -0.267 e. The normalized spacial score (nSPS) is 14.4. The van der Waals surface area contributed by atoms with Gasteiger partial charge in [-0.1, -0.05) is 6.07 Å². The van der Waals surface area contributed by atoms with Crippen LogP contribution in [0.1, 0.15) is 27.9 Å². The highest BCUT2D eigenvalue weighted by Crippen LogP contribution is 2.22. The molecule has 0 fully saturated rings. The summed E-state index contributed by atoms with van der Waals surface area (Å²) in [5, 5.41) is 0. The summed E-state index contributed by atoms with van der Waals surface area (Å²) in [6.45, 7) is -1.50. The molecule has 0 unspecified atom stereocenters. The SMILES string of the molecule is O=C(NOCC(F)(F)F)c1ccc2c(c1)CCC2. The van der Waals surface area contributed by atoms with E-state index in [2.05, 4.69) is 4.84 Å². The Bertz CT molecular complexity index is 457. The molecule has 1 aliphatic rings. The number of hydroxylamine groups is 1. The van der Waals surface area contributed by atoms with Crippen LogP contribution in [0.2, 0.25) is 0 Å². The molecule has 1 aromatic carbocycles. The van der Waals surface area contributed by atoms with Gasteiger partial charge in [-0.25, -0.2) is 5.48 Å². The second-order valence-corrected chi connectivity index (χ2v) is 4.17. The number of carbonyl (C=O) groups is 1. The van der Waals surface area contributed by atoms with Gasteiger partial charge in [-0.15, -0.1) is 0 Å². The van der Waals surface area contributed by atoms with E-state index in [0.717, 1.165) is 24.8 Å². The molecule has 1 aromatic rings. The number of aryl methyl sites for hydroxylation is 2. The molecule has 1 N–H and O–H groups in total. The number of benzene rings is 1. The summed E-state index contributed by atoms with van der Waals surface area (Å²) in [7, 11) is 0. The van der Waals surface area contributed by atoms with E-state index in [4.69, 9.17) is 0 Å². The fourth-order valence-corrected chi connectivity index (χ4v) is 1.96. The zero-order chi connectivity index (χ0) is 13.2. The first-order valence-electron chi connectivity index (χ1n) is 5.56. The molecule has 6 heteroatoms. The molecule has 0 atom stereocenters. The third-order valence-corrected chi connectivity index (χ3v) is 2.76. The number of hydrogen-bond donors (Lipinski definition) is 1. The maximum Gasteiger partial charge on any atom is 0.414 e. The predicted molar refractivity (Wildman–Crippen MR) is 57.9 cm³/mol. The summed E-state index contributed by atoms with van der Waals surface area (Å²) in [6, 6.07) is 5.13. The maximum atomic E-state index is 11.8. The molecular formula is C12H12F3NO2. The van der Waals surface area contributed by atoms with E-state index in [1.54, 1.807) is 17.6 Å². The third kappa shape index (κ3) is 3.22. The molecule has 0 radical (unpaired) electrons. The lowest BCUT2D eigenvalue weighted by Gasteiger charge is -2.09. The molecular weight excluding hydrogens is 247 g/mol. The van der Waals surface area contributed by atoms with Crippen molar-refractivity contribution in [2.24, 2.45) is 0 Å². The molecule has 2 rings (SSSR count). The lowest BCUT2D eigenvalue weighted by molar-refractivity contribution is -0.184. The maximum absolute atomic E-state index is 11.8. The van der Waals surface area contributed by atoms with Gasteiger partial charge >= 0.3 is 6.18 Å². The number of halogens is 3. The van der Waals surface area contributed by atoms with E-state index in [9.17, 15) is 18.0 Å². The highest BCUT2D eigenvalue weighted by Gasteiger charge is 2.28. The van der Waals surface area contributed by atoms with Crippen LogP contribution in [0.3, 0.4) is 0 Å². The molecule has 0 heterocycles. The summed E-state index contributed by atoms with van der Waals surface area (Å²) >= 11 is 0. The van der Waals surface area contributed by atoms with Gasteiger partial charge in [0.1, 0.15) is 0 Å². The van der Waals surface area contributed by atoms with Gasteiger partial charge in [0.05, 0.1) is 0 Å². The van der Waals surface area contributed by atoms with Crippen LogP contribution in [-0.2, 0) is 17.7 Å². The van der Waals surface area contributed by atoms with Crippen molar-refractivity contribution in [2.45, 2.75) is 25.4 Å². The largest absolute Gasteiger partial charge is 0.414 e. The van der Waals surface area contributed by atoms with E-state index < -0.39 is 18.7 Å². The van der Waals surface area contributed by atoms with E-state index in [1.165, 1.54) is 5.56 Å². The van der Waals surface area contributed by atoms with Gasteiger partial charge in [-0.3, -0.25) is 9.63 Å². The van der Waals surface area contributed by atoms with Gasteiger partial charge in [0.2, 0.25) is 0 Å². The van der Waals surface area contributed by atoms with E-state index in [-0.39, 0.29) is 0 Å². The molecule has 1 aliphatic carbocycles. The molecule has 0 saturated carbocycles. The average molecular weight is 259 g/mol. The minimum absolute atomic E-state index is 0.317. The van der Waals surface area contributed by atoms with E-state index in [1.807, 2.05) is 6.07 Å². The number of alkyl halides is 3. The van der Waals surface area contributed by atoms with E-state index >= 15 is 0 Å². The minimum atomic E-state index is -4.45. The number of carbonyl (C=O) groups excluding carboxylic acids is 1. The standard InChI is InChI=1S/C12H12F3NO2/c13-12(14,15)7-18-16-11(17)10-5-4-8-2-1-3-9(8)6-10/h4-6H,1-3,7H2,(H,16,17). The number of rotatable bonds is 3. The zero-order valence-corrected chi connectivity index (χ0v) is 9.51. The van der Waals surface area contributed by atoms with Gasteiger partial charge in [-0.05, 0) is 42.5 Å². The number of amides is 1. The van der Waals surface area contributed by atoms with Crippen LogP contribution < -0.4 is 5.48 Å². The lowest BCUT2D eigenvalue weighted by atomic mass is 10.1. The van der Waals surface area contributed by atoms with Gasteiger partial charge < -0.3 is 0 Å². The third-order valence-electron chi connectivity index (χ3n) is 2.76. The Morgan fingerprint density at radius 3 is 2.72 bits per heavy atom. The Labute approximate surface area is 102 Å². The fraction of sp³-hybridized carbons (Fsp3) is 0.417. The fourth-order valence-electron chi connectivity index (χ4n) is 1.96. The monoisotopic (exact) mass is 259 g/mol. The van der Waals surface area contributed by atoms with Gasteiger partial charge in [0, 0.05) is 5.56 Å². The van der Waals surface area contributed by atoms with E-state index in [0.29, 0.717) is 5.56 Å². The molecule has 0 spiro atoms. The Hall–Kier alpha value is -1.56. The summed E-state index contributed by atoms with van der Waals surface area (Å²) in [5.74, 6) is -0.658.